The van der Waals surface area contributed by atoms with Crippen molar-refractivity contribution in [3.05, 3.63) is 20.4 Å². The third kappa shape index (κ3) is 27.7. The highest BCUT2D eigenvalue weighted by Gasteiger charge is 2.29. The summed E-state index contributed by atoms with van der Waals surface area (Å²) < 4.78 is 17.0. The third-order valence-corrected chi connectivity index (χ3v) is 11.8. The number of carbonyl (C=O) groups excluding carboxylic acids is 3. The highest BCUT2D eigenvalue weighted by atomic mass is 16.6. The van der Waals surface area contributed by atoms with Crippen LogP contribution in [0.4, 0.5) is 11.4 Å². The minimum absolute atomic E-state index is 0.0349. The number of hydrogen-bond acceptors (Lipinski definition) is 11. The van der Waals surface area contributed by atoms with Crippen LogP contribution in [0.1, 0.15) is 220 Å². The molecule has 0 bridgehead atoms. The van der Waals surface area contributed by atoms with E-state index in [-0.39, 0.29) is 12.1 Å². The fraction of sp³-hybridized carbons (Fsp3) is 0.860. The zero-order valence-electron chi connectivity index (χ0n) is 39.8. The zero-order chi connectivity index (χ0) is 44.8. The molecule has 0 unspecified atom stereocenters. The SMILES string of the molecule is CCCCCCOC(=O)C(CCCCCCN(CCCCCCCC(=O)OC(CCCCCC)CCCCCC)CCCNc1c(NC)c(=O)c1=O)C(=O)OCCCCCC. The molecule has 0 atom stereocenters. The van der Waals surface area contributed by atoms with Crippen LogP contribution in [0, 0.1) is 5.92 Å². The number of nitrogens with one attached hydrogen (secondary N) is 2. The van der Waals surface area contributed by atoms with E-state index < -0.39 is 28.7 Å². The Morgan fingerprint density at radius 1 is 0.508 bits per heavy atom. The fourth-order valence-corrected chi connectivity index (χ4v) is 7.86. The Hall–Kier alpha value is -2.95. The summed E-state index contributed by atoms with van der Waals surface area (Å²) in [5, 5.41) is 5.98. The van der Waals surface area contributed by atoms with Gasteiger partial charge in [0.1, 0.15) is 17.5 Å². The molecule has 0 saturated heterocycles. The van der Waals surface area contributed by atoms with Gasteiger partial charge in [-0.2, -0.15) is 0 Å². The van der Waals surface area contributed by atoms with E-state index in [1.807, 2.05) is 0 Å². The average molecular weight is 862 g/mol. The Kier molecular flexibility index (Phi) is 35.6. The molecule has 0 aliphatic heterocycles. The maximum absolute atomic E-state index is 13.0. The van der Waals surface area contributed by atoms with Crippen LogP contribution in [0.3, 0.4) is 0 Å². The third-order valence-electron chi connectivity index (χ3n) is 11.8. The number of hydrogen-bond donors (Lipinski definition) is 2. The van der Waals surface area contributed by atoms with E-state index in [2.05, 4.69) is 43.2 Å². The number of esters is 3. The predicted molar refractivity (Wildman–Crippen MR) is 252 cm³/mol. The van der Waals surface area contributed by atoms with Crippen LogP contribution < -0.4 is 21.5 Å². The first-order valence-corrected chi connectivity index (χ1v) is 25.2. The van der Waals surface area contributed by atoms with Crippen LogP contribution in [-0.2, 0) is 28.6 Å². The summed E-state index contributed by atoms with van der Waals surface area (Å²) in [5.74, 6) is -1.79. The van der Waals surface area contributed by atoms with E-state index in [4.69, 9.17) is 14.2 Å². The number of rotatable bonds is 44. The first-order valence-electron chi connectivity index (χ1n) is 25.2. The van der Waals surface area contributed by atoms with Crippen molar-refractivity contribution in [3.8, 4) is 0 Å². The first kappa shape index (κ1) is 56.1. The minimum atomic E-state index is -0.860. The number of unbranched alkanes of at least 4 members (excludes halogenated alkanes) is 19. The monoisotopic (exact) mass is 862 g/mol. The summed E-state index contributed by atoms with van der Waals surface area (Å²) in [6, 6.07) is 0. The van der Waals surface area contributed by atoms with Gasteiger partial charge in [0.05, 0.1) is 13.2 Å². The molecule has 0 amide bonds. The Morgan fingerprint density at radius 2 is 0.934 bits per heavy atom. The zero-order valence-corrected chi connectivity index (χ0v) is 39.8. The first-order chi connectivity index (χ1) is 29.7. The van der Waals surface area contributed by atoms with Crippen LogP contribution in [0.25, 0.3) is 0 Å². The van der Waals surface area contributed by atoms with Gasteiger partial charge in [0.15, 0.2) is 5.92 Å². The minimum Gasteiger partial charge on any atom is -0.465 e. The van der Waals surface area contributed by atoms with E-state index in [1.165, 1.54) is 38.5 Å². The van der Waals surface area contributed by atoms with Crippen molar-refractivity contribution in [1.82, 2.24) is 4.90 Å². The normalized spacial score (nSPS) is 11.5. The summed E-state index contributed by atoms with van der Waals surface area (Å²) in [6.45, 7) is 12.8. The van der Waals surface area contributed by atoms with Crippen molar-refractivity contribution < 1.29 is 28.6 Å². The second-order valence-electron chi connectivity index (χ2n) is 17.3. The van der Waals surface area contributed by atoms with Crippen molar-refractivity contribution in [2.24, 2.45) is 5.92 Å². The lowest BCUT2D eigenvalue weighted by Crippen LogP contribution is -2.37. The number of anilines is 2. The Bertz CT molecular complexity index is 1270. The van der Waals surface area contributed by atoms with Gasteiger partial charge in [-0.25, -0.2) is 0 Å². The lowest BCUT2D eigenvalue weighted by Gasteiger charge is -2.23. The molecule has 0 aromatic heterocycles. The molecule has 11 heteroatoms. The maximum Gasteiger partial charge on any atom is 0.320 e. The molecule has 0 heterocycles. The molecule has 2 N–H and O–H groups in total. The number of ether oxygens (including phenoxy) is 3. The average Bonchev–Trinajstić information content (AvgIpc) is 3.25. The van der Waals surface area contributed by atoms with Crippen molar-refractivity contribution in [2.75, 3.05) is 57.1 Å². The van der Waals surface area contributed by atoms with Crippen LogP contribution >= 0.6 is 0 Å². The van der Waals surface area contributed by atoms with Crippen LogP contribution in [-0.4, -0.2) is 75.4 Å². The summed E-state index contributed by atoms with van der Waals surface area (Å²) in [5.41, 5.74) is -0.172. The molecule has 11 nitrogen and oxygen atoms in total. The van der Waals surface area contributed by atoms with E-state index in [0.29, 0.717) is 44.0 Å². The van der Waals surface area contributed by atoms with Gasteiger partial charge in [0, 0.05) is 20.0 Å². The van der Waals surface area contributed by atoms with E-state index in [1.54, 1.807) is 7.05 Å². The highest BCUT2D eigenvalue weighted by molar-refractivity contribution is 5.94. The quantitative estimate of drug-likeness (QED) is 0.0213. The molecule has 0 fully saturated rings. The van der Waals surface area contributed by atoms with Gasteiger partial charge in [-0.15, -0.1) is 0 Å². The van der Waals surface area contributed by atoms with Gasteiger partial charge in [0.25, 0.3) is 10.9 Å². The molecule has 0 aliphatic carbocycles. The summed E-state index contributed by atoms with van der Waals surface area (Å²) in [4.78, 5) is 65.0. The van der Waals surface area contributed by atoms with E-state index >= 15 is 0 Å². The van der Waals surface area contributed by atoms with Crippen LogP contribution in [0.5, 0.6) is 0 Å². The topological polar surface area (TPSA) is 140 Å². The molecule has 354 valence electrons. The molecule has 1 aromatic rings. The largest absolute Gasteiger partial charge is 0.465 e. The van der Waals surface area contributed by atoms with Crippen molar-refractivity contribution in [1.29, 1.82) is 0 Å². The predicted octanol–water partition coefficient (Wildman–Crippen LogP) is 11.4. The molecule has 0 spiro atoms. The van der Waals surface area contributed by atoms with Crippen molar-refractivity contribution in [2.45, 2.75) is 226 Å². The molecule has 1 aromatic carbocycles. The summed E-state index contributed by atoms with van der Waals surface area (Å²) in [7, 11) is 1.65. The smallest absolute Gasteiger partial charge is 0.320 e. The van der Waals surface area contributed by atoms with Gasteiger partial charge in [-0.3, -0.25) is 24.0 Å². The van der Waals surface area contributed by atoms with Gasteiger partial charge < -0.3 is 29.7 Å². The maximum atomic E-state index is 13.0. The van der Waals surface area contributed by atoms with Crippen molar-refractivity contribution in [3.63, 3.8) is 0 Å². The van der Waals surface area contributed by atoms with Gasteiger partial charge in [0.2, 0.25) is 0 Å². The summed E-state index contributed by atoms with van der Waals surface area (Å²) >= 11 is 0. The molecule has 61 heavy (non-hydrogen) atoms. The Morgan fingerprint density at radius 3 is 1.46 bits per heavy atom. The molecule has 1 rings (SSSR count). The lowest BCUT2D eigenvalue weighted by molar-refractivity contribution is -0.162. The fourth-order valence-electron chi connectivity index (χ4n) is 7.86. The van der Waals surface area contributed by atoms with Gasteiger partial charge in [-0.05, 0) is 90.3 Å². The summed E-state index contributed by atoms with van der Waals surface area (Å²) in [6.07, 6.45) is 30.3. The molecule has 0 radical (unpaired) electrons. The second-order valence-corrected chi connectivity index (χ2v) is 17.3. The molecular weight excluding hydrogens is 771 g/mol. The Balaban J connectivity index is 2.58. The number of nitrogens with zero attached hydrogens (tertiary/aromatic N) is 1. The molecule has 0 saturated carbocycles. The number of carbonyl (C=O) groups is 3. The second kappa shape index (κ2) is 38.7. The lowest BCUT2D eigenvalue weighted by atomic mass is 10.0. The molecular formula is C50H91N3O8. The highest BCUT2D eigenvalue weighted by Crippen LogP contribution is 2.19. The van der Waals surface area contributed by atoms with Crippen molar-refractivity contribution >= 4 is 29.3 Å². The van der Waals surface area contributed by atoms with Crippen LogP contribution in [0.15, 0.2) is 9.59 Å². The van der Waals surface area contributed by atoms with Crippen LogP contribution in [0.2, 0.25) is 0 Å². The Labute approximate surface area is 371 Å². The van der Waals surface area contributed by atoms with E-state index in [0.717, 1.165) is 161 Å². The van der Waals surface area contributed by atoms with Gasteiger partial charge >= 0.3 is 17.9 Å². The van der Waals surface area contributed by atoms with Gasteiger partial charge in [-0.1, -0.05) is 143 Å². The standard InChI is InChI=1S/C50H91N3O8/c1-6-10-14-23-32-42(33-24-15-11-7-2)61-44(54)35-26-19-18-21-27-37-53(39-31-36-52-46-45(51-5)47(55)48(46)56)38-28-22-20-25-34-43(49(57)59-40-29-16-12-8-3)50(58)60-41-30-17-13-9-4/h42-43,51-52H,6-41H2,1-5H3. The van der Waals surface area contributed by atoms with E-state index in [9.17, 15) is 24.0 Å². The molecule has 0 aliphatic rings.